The summed E-state index contributed by atoms with van der Waals surface area (Å²) in [6.45, 7) is 9.93. The first kappa shape index (κ1) is 42.4. The number of nitrogens with zero attached hydrogens (tertiary/aromatic N) is 4. The summed E-state index contributed by atoms with van der Waals surface area (Å²) in [6.07, 6.45) is 9.87. The summed E-state index contributed by atoms with van der Waals surface area (Å²) in [6, 6.07) is 8.58. The fourth-order valence-corrected chi connectivity index (χ4v) is 4.43. The minimum absolute atomic E-state index is 0. The van der Waals surface area contributed by atoms with E-state index in [1.807, 2.05) is 27.1 Å². The summed E-state index contributed by atoms with van der Waals surface area (Å²) < 4.78 is 0. The van der Waals surface area contributed by atoms with Gasteiger partial charge in [-0.3, -0.25) is 0 Å². The molecule has 2 aromatic carbocycles. The van der Waals surface area contributed by atoms with Gasteiger partial charge in [0.1, 0.15) is 0 Å². The second-order valence-electron chi connectivity index (χ2n) is 10.0. The minimum atomic E-state index is 0. The summed E-state index contributed by atoms with van der Waals surface area (Å²) in [4.78, 5) is 8.62. The van der Waals surface area contributed by atoms with Crippen molar-refractivity contribution in [2.45, 2.75) is 52.6 Å². The smallest absolute Gasteiger partial charge is 0.376 e. The third-order valence-corrected chi connectivity index (χ3v) is 6.00. The van der Waals surface area contributed by atoms with E-state index in [0.29, 0.717) is 0 Å². The second-order valence-corrected chi connectivity index (χ2v) is 10.0. The molecule has 2 aromatic rings. The van der Waals surface area contributed by atoms with Crippen LogP contribution in [0.15, 0.2) is 24.3 Å². The first-order chi connectivity index (χ1) is 17.5. The van der Waals surface area contributed by atoms with Crippen LogP contribution >= 0.6 is 0 Å². The number of anilines is 6. The van der Waals surface area contributed by atoms with E-state index in [2.05, 4.69) is 117 Å². The molecular weight excluding hydrogens is 569 g/mol. The molecule has 222 valence electrons. The average molecular weight is 627 g/mol. The largest absolute Gasteiger partial charge is 3.00 e. The van der Waals surface area contributed by atoms with E-state index in [0.717, 1.165) is 54.0 Å². The Labute approximate surface area is 274 Å². The number of nitrogens with one attached hydrogen (secondary N) is 2. The van der Waals surface area contributed by atoms with Crippen LogP contribution in [-0.4, -0.2) is 62.5 Å². The van der Waals surface area contributed by atoms with Crippen molar-refractivity contribution in [2.24, 2.45) is 0 Å². The van der Waals surface area contributed by atoms with Gasteiger partial charge in [-0.2, -0.15) is 6.42 Å². The molecule has 0 aliphatic heterocycles. The molecule has 6 nitrogen and oxygen atoms in total. The predicted molar refractivity (Wildman–Crippen MR) is 182 cm³/mol. The molecular formula is C33H57N6Y. The average Bonchev–Trinajstić information content (AvgIpc) is 2.83. The van der Waals surface area contributed by atoms with Crippen molar-refractivity contribution in [3.05, 3.63) is 57.2 Å². The van der Waals surface area contributed by atoms with Crippen LogP contribution in [0.2, 0.25) is 0 Å². The second kappa shape index (κ2) is 20.7. The molecule has 0 radical (unpaired) electrons. The van der Waals surface area contributed by atoms with Crippen molar-refractivity contribution in [3.63, 3.8) is 0 Å². The number of rotatable bonds is 11. The molecule has 7 heteroatoms. The van der Waals surface area contributed by atoms with E-state index in [9.17, 15) is 0 Å². The fraction of sp³-hybridized carbons (Fsp3) is 0.485. The van der Waals surface area contributed by atoms with Crippen molar-refractivity contribution < 1.29 is 32.7 Å². The third-order valence-electron chi connectivity index (χ3n) is 6.00. The molecule has 0 spiro atoms. The van der Waals surface area contributed by atoms with Gasteiger partial charge in [-0.1, -0.05) is 39.2 Å². The number of aryl methyl sites for hydroxylation is 1. The maximum Gasteiger partial charge on any atom is 3.00 e. The maximum absolute atomic E-state index is 5.89. The molecule has 2 rings (SSSR count). The Balaban J connectivity index is -0.00000218. The van der Waals surface area contributed by atoms with Crippen LogP contribution in [0.5, 0.6) is 0 Å². The van der Waals surface area contributed by atoms with Crippen molar-refractivity contribution in [1.29, 1.82) is 0 Å². The van der Waals surface area contributed by atoms with E-state index < -0.39 is 0 Å². The number of benzene rings is 2. The Hall–Kier alpha value is -2.10. The summed E-state index contributed by atoms with van der Waals surface area (Å²) in [5, 5.41) is 7.74. The zero-order chi connectivity index (χ0) is 28.3. The van der Waals surface area contributed by atoms with Crippen molar-refractivity contribution in [2.75, 3.05) is 86.6 Å². The van der Waals surface area contributed by atoms with Crippen LogP contribution < -0.4 is 30.2 Å². The van der Waals surface area contributed by atoms with Gasteiger partial charge in [-0.15, -0.1) is 6.42 Å². The quantitative estimate of drug-likeness (QED) is 0.155. The van der Waals surface area contributed by atoms with Crippen LogP contribution in [0.1, 0.15) is 51.2 Å². The minimum Gasteiger partial charge on any atom is -0.376 e. The number of hydrogen-bond donors (Lipinski definition) is 2. The van der Waals surface area contributed by atoms with Gasteiger partial charge in [0.2, 0.25) is 0 Å². The molecule has 0 fully saturated rings. The Morgan fingerprint density at radius 3 is 1.52 bits per heavy atom. The molecule has 2 N–H and O–H groups in total. The van der Waals surface area contributed by atoms with Crippen LogP contribution in [0.25, 0.3) is 0 Å². The Morgan fingerprint density at radius 1 is 0.750 bits per heavy atom. The van der Waals surface area contributed by atoms with Crippen LogP contribution in [0.4, 0.5) is 34.1 Å². The van der Waals surface area contributed by atoms with Crippen molar-refractivity contribution in [1.82, 2.24) is 0 Å². The van der Waals surface area contributed by atoms with Gasteiger partial charge in [-0.05, 0) is 36.6 Å². The molecule has 0 saturated heterocycles. The van der Waals surface area contributed by atoms with E-state index in [-0.39, 0.29) is 53.7 Å². The zero-order valence-electron chi connectivity index (χ0n) is 27.9. The molecule has 1 atom stereocenters. The van der Waals surface area contributed by atoms with Gasteiger partial charge < -0.3 is 52.0 Å². The summed E-state index contributed by atoms with van der Waals surface area (Å²) >= 11 is 0. The zero-order valence-corrected chi connectivity index (χ0v) is 30.7. The molecule has 0 amide bonds. The topological polar surface area (TPSA) is 37.0 Å². The number of hydrogen-bond acceptors (Lipinski definition) is 6. The molecule has 40 heavy (non-hydrogen) atoms. The summed E-state index contributed by atoms with van der Waals surface area (Å²) in [7, 11) is 16.6. The Morgan fingerprint density at radius 2 is 1.18 bits per heavy atom. The molecule has 1 unspecified atom stereocenters. The van der Waals surface area contributed by atoms with Gasteiger partial charge in [-0.25, -0.2) is 0 Å². The van der Waals surface area contributed by atoms with Gasteiger partial charge in [0.05, 0.1) is 40.3 Å². The molecule has 0 bridgehead atoms. The third kappa shape index (κ3) is 11.1. The van der Waals surface area contributed by atoms with Crippen LogP contribution in [0.3, 0.4) is 0 Å². The SMILES string of the molecule is C#Cc1ccc(N(C)C)c(NC(CCC)Nc2c(N(C)C)ccc(CC)c2N(C)C)c1N(C)C.[CH2-]CC.[CH3-].[CH3-].[Y+3]. The number of terminal acetylenes is 1. The normalized spacial score (nSPS) is 10.2. The van der Waals surface area contributed by atoms with E-state index in [1.165, 1.54) is 16.9 Å². The predicted octanol–water partition coefficient (Wildman–Crippen LogP) is 7.27. The molecule has 0 saturated carbocycles. The Bertz CT molecular complexity index is 1020. The molecule has 0 aliphatic carbocycles. The molecule has 0 aromatic heterocycles. The van der Waals surface area contributed by atoms with Gasteiger partial charge in [0.15, 0.2) is 0 Å². The van der Waals surface area contributed by atoms with E-state index in [4.69, 9.17) is 6.42 Å². The van der Waals surface area contributed by atoms with Gasteiger partial charge in [0, 0.05) is 61.9 Å². The summed E-state index contributed by atoms with van der Waals surface area (Å²) in [5.74, 6) is 2.87. The van der Waals surface area contributed by atoms with Crippen molar-refractivity contribution in [3.8, 4) is 12.3 Å². The van der Waals surface area contributed by atoms with E-state index >= 15 is 0 Å². The van der Waals surface area contributed by atoms with Crippen LogP contribution in [-0.2, 0) is 39.1 Å². The van der Waals surface area contributed by atoms with Gasteiger partial charge >= 0.3 is 32.7 Å². The monoisotopic (exact) mass is 626 g/mol. The fourth-order valence-electron chi connectivity index (χ4n) is 4.43. The standard InChI is InChI=1S/C28H44N6.C3H7.2CH3.Y/c1-12-15-24(29-25-22(31(4)5)18-16-20(13-2)27(25)33(8)9)30-26-23(32(6)7)19-17-21(14-3)28(26)34(10)11;1-3-2;;;/h2,16-19,24,29-30H,12,14-15H2,1,3-11H3;1,3H2,2H3;2*1H3;/q;3*-1;+3. The summed E-state index contributed by atoms with van der Waals surface area (Å²) in [5.41, 5.74) is 8.92. The van der Waals surface area contributed by atoms with E-state index in [1.54, 1.807) is 0 Å². The van der Waals surface area contributed by atoms with Gasteiger partial charge in [0.25, 0.3) is 0 Å². The van der Waals surface area contributed by atoms with Crippen LogP contribution in [0, 0.1) is 34.1 Å². The molecule has 0 heterocycles. The first-order valence-corrected chi connectivity index (χ1v) is 13.3. The molecule has 0 aliphatic rings. The van der Waals surface area contributed by atoms with Crippen molar-refractivity contribution >= 4 is 34.1 Å². The Kier molecular flexibility index (Phi) is 22.0. The maximum atomic E-state index is 5.89. The first-order valence-electron chi connectivity index (χ1n) is 13.3.